The van der Waals surface area contributed by atoms with Gasteiger partial charge in [0.25, 0.3) is 0 Å². The molecule has 0 bridgehead atoms. The second-order valence-corrected chi connectivity index (χ2v) is 8.82. The van der Waals surface area contributed by atoms with Crippen LogP contribution in [0.3, 0.4) is 0 Å². The highest BCUT2D eigenvalue weighted by atomic mass is 19.1. The van der Waals surface area contributed by atoms with Gasteiger partial charge in [0, 0.05) is 41.4 Å². The number of nitrogens with zero attached hydrogens (tertiary/aromatic N) is 2. The molecule has 34 heavy (non-hydrogen) atoms. The van der Waals surface area contributed by atoms with Gasteiger partial charge in [0.05, 0.1) is 11.9 Å². The molecule has 7 heteroatoms. The fourth-order valence-corrected chi connectivity index (χ4v) is 4.26. The van der Waals surface area contributed by atoms with E-state index in [4.69, 9.17) is 15.6 Å². The number of carboxylic acids is 1. The third-order valence-corrected chi connectivity index (χ3v) is 6.17. The average Bonchev–Trinajstić information content (AvgIpc) is 3.54. The van der Waals surface area contributed by atoms with Crippen molar-refractivity contribution in [1.29, 1.82) is 0 Å². The third-order valence-electron chi connectivity index (χ3n) is 6.17. The van der Waals surface area contributed by atoms with Crippen LogP contribution in [0.4, 0.5) is 4.39 Å². The molecule has 5 rings (SSSR count). The van der Waals surface area contributed by atoms with Crippen molar-refractivity contribution in [1.82, 2.24) is 9.78 Å². The van der Waals surface area contributed by atoms with Crippen LogP contribution in [-0.4, -0.2) is 20.9 Å². The summed E-state index contributed by atoms with van der Waals surface area (Å²) in [4.78, 5) is 11.2. The summed E-state index contributed by atoms with van der Waals surface area (Å²) in [5.74, 6) is -0.0759. The van der Waals surface area contributed by atoms with E-state index in [1.165, 1.54) is 12.8 Å². The lowest BCUT2D eigenvalue weighted by molar-refractivity contribution is -0.136. The molecule has 0 unspecified atom stereocenters. The number of halogens is 1. The Morgan fingerprint density at radius 3 is 2.68 bits per heavy atom. The van der Waals surface area contributed by atoms with E-state index in [0.717, 1.165) is 28.6 Å². The zero-order valence-corrected chi connectivity index (χ0v) is 18.7. The van der Waals surface area contributed by atoms with Crippen molar-refractivity contribution in [3.05, 3.63) is 83.3 Å². The monoisotopic (exact) mass is 459 g/mol. The second kappa shape index (κ2) is 9.27. The van der Waals surface area contributed by atoms with Crippen molar-refractivity contribution in [3.8, 4) is 16.9 Å². The number of hydrogen-bond donors (Lipinski definition) is 2. The van der Waals surface area contributed by atoms with Gasteiger partial charge in [-0.2, -0.15) is 5.10 Å². The van der Waals surface area contributed by atoms with Crippen LogP contribution in [0.5, 0.6) is 5.75 Å². The molecular formula is C27H26FN3O3. The molecule has 3 aromatic carbocycles. The fraction of sp³-hybridized carbons (Fsp3) is 0.259. The molecule has 1 heterocycles. The second-order valence-electron chi connectivity index (χ2n) is 8.82. The largest absolute Gasteiger partial charge is 0.489 e. The number of nitrogens with two attached hydrogens (primary N) is 1. The molecule has 0 amide bonds. The van der Waals surface area contributed by atoms with Crippen molar-refractivity contribution in [2.24, 2.45) is 11.7 Å². The summed E-state index contributed by atoms with van der Waals surface area (Å²) < 4.78 is 23.2. The Balaban J connectivity index is 1.53. The summed E-state index contributed by atoms with van der Waals surface area (Å²) in [6.07, 6.45) is 4.30. The zero-order chi connectivity index (χ0) is 23.7. The molecule has 1 aliphatic rings. The molecule has 0 aliphatic heterocycles. The van der Waals surface area contributed by atoms with E-state index in [0.29, 0.717) is 28.4 Å². The number of para-hydroxylation sites is 1. The molecule has 1 aromatic heterocycles. The summed E-state index contributed by atoms with van der Waals surface area (Å²) in [5.41, 5.74) is 9.62. The van der Waals surface area contributed by atoms with Crippen LogP contribution >= 0.6 is 0 Å². The molecule has 3 N–H and O–H groups in total. The lowest BCUT2D eigenvalue weighted by atomic mass is 9.97. The fourth-order valence-electron chi connectivity index (χ4n) is 4.26. The maximum atomic E-state index is 15.3. The van der Waals surface area contributed by atoms with Crippen molar-refractivity contribution >= 4 is 16.9 Å². The molecule has 4 aromatic rings. The standard InChI is InChI=1S/C27H26FN3O3/c28-27-20(13-29)5-3-6-21(27)22-10-18(11-24-23(22)15-31(30-24)14-17-8-9-17)16-34-25-7-2-1-4-19(25)12-26(32)33/h1-7,10-11,15,17H,8-9,12-14,16,29H2,(H,32,33). The van der Waals surface area contributed by atoms with E-state index < -0.39 is 5.97 Å². The van der Waals surface area contributed by atoms with Crippen LogP contribution in [0.2, 0.25) is 0 Å². The number of fused-ring (bicyclic) bond motifs is 1. The first-order valence-electron chi connectivity index (χ1n) is 11.4. The van der Waals surface area contributed by atoms with Crippen LogP contribution in [0.1, 0.15) is 29.5 Å². The number of ether oxygens (including phenoxy) is 1. The Morgan fingerprint density at radius 1 is 1.12 bits per heavy atom. The number of aromatic nitrogens is 2. The maximum absolute atomic E-state index is 15.3. The SMILES string of the molecule is NCc1cccc(-c2cc(COc3ccccc3CC(=O)O)cc3nn(CC4CC4)cc23)c1F. The lowest BCUT2D eigenvalue weighted by Crippen LogP contribution is -2.04. The van der Waals surface area contributed by atoms with Crippen LogP contribution in [0.25, 0.3) is 22.0 Å². The van der Waals surface area contributed by atoms with Crippen molar-refractivity contribution in [3.63, 3.8) is 0 Å². The molecule has 174 valence electrons. The first-order chi connectivity index (χ1) is 16.5. The molecule has 1 aliphatic carbocycles. The van der Waals surface area contributed by atoms with E-state index in [1.807, 2.05) is 35.1 Å². The first kappa shape index (κ1) is 22.1. The normalized spacial score (nSPS) is 13.4. The summed E-state index contributed by atoms with van der Waals surface area (Å²) in [5, 5.41) is 14.8. The quantitative estimate of drug-likeness (QED) is 0.371. The van der Waals surface area contributed by atoms with Crippen molar-refractivity contribution in [2.75, 3.05) is 0 Å². The Kier molecular flexibility index (Phi) is 6.02. The number of hydrogen-bond acceptors (Lipinski definition) is 4. The molecular weight excluding hydrogens is 433 g/mol. The molecule has 1 saturated carbocycles. The first-order valence-corrected chi connectivity index (χ1v) is 11.4. The van der Waals surface area contributed by atoms with Crippen LogP contribution in [0, 0.1) is 11.7 Å². The Bertz CT molecular complexity index is 1360. The predicted molar refractivity (Wildman–Crippen MR) is 128 cm³/mol. The number of rotatable bonds is 9. The van der Waals surface area contributed by atoms with E-state index in [2.05, 4.69) is 0 Å². The maximum Gasteiger partial charge on any atom is 0.307 e. The highest BCUT2D eigenvalue weighted by Crippen LogP contribution is 2.35. The predicted octanol–water partition coefficient (Wildman–Crippen LogP) is 4.92. The number of carboxylic acid groups (broad SMARTS) is 1. The van der Waals surface area contributed by atoms with E-state index in [1.54, 1.807) is 30.3 Å². The van der Waals surface area contributed by atoms with Gasteiger partial charge in [-0.1, -0.05) is 36.4 Å². The third kappa shape index (κ3) is 4.65. The van der Waals surface area contributed by atoms with Gasteiger partial charge in [-0.05, 0) is 48.1 Å². The van der Waals surface area contributed by atoms with Crippen LogP contribution in [0.15, 0.2) is 60.8 Å². The van der Waals surface area contributed by atoms with Gasteiger partial charge in [-0.3, -0.25) is 9.48 Å². The number of benzene rings is 3. The minimum atomic E-state index is -0.920. The Labute approximate surface area is 196 Å². The number of aliphatic carboxylic acids is 1. The summed E-state index contributed by atoms with van der Waals surface area (Å²) in [7, 11) is 0. The molecule has 6 nitrogen and oxygen atoms in total. The smallest absolute Gasteiger partial charge is 0.307 e. The van der Waals surface area contributed by atoms with Crippen LogP contribution < -0.4 is 10.5 Å². The Hall–Kier alpha value is -3.71. The van der Waals surface area contributed by atoms with Crippen LogP contribution in [-0.2, 0) is 30.9 Å². The minimum Gasteiger partial charge on any atom is -0.489 e. The molecule has 0 spiro atoms. The highest BCUT2D eigenvalue weighted by molar-refractivity contribution is 5.95. The van der Waals surface area contributed by atoms with Crippen molar-refractivity contribution in [2.45, 2.75) is 39.0 Å². The summed E-state index contributed by atoms with van der Waals surface area (Å²) >= 11 is 0. The van der Waals surface area contributed by atoms with Crippen molar-refractivity contribution < 1.29 is 19.0 Å². The molecule has 0 saturated heterocycles. The van der Waals surface area contributed by atoms with Gasteiger partial charge >= 0.3 is 5.97 Å². The van der Waals surface area contributed by atoms with E-state index in [-0.39, 0.29) is 25.4 Å². The van der Waals surface area contributed by atoms with Gasteiger partial charge < -0.3 is 15.6 Å². The topological polar surface area (TPSA) is 90.4 Å². The van der Waals surface area contributed by atoms with Gasteiger partial charge in [0.15, 0.2) is 0 Å². The molecule has 0 atom stereocenters. The minimum absolute atomic E-state index is 0.118. The zero-order valence-electron chi connectivity index (χ0n) is 18.7. The Morgan fingerprint density at radius 2 is 1.91 bits per heavy atom. The molecule has 0 radical (unpaired) electrons. The summed E-state index contributed by atoms with van der Waals surface area (Å²) in [6, 6.07) is 16.2. The van der Waals surface area contributed by atoms with Gasteiger partial charge in [-0.15, -0.1) is 0 Å². The number of carbonyl (C=O) groups is 1. The van der Waals surface area contributed by atoms with Gasteiger partial charge in [0.1, 0.15) is 18.2 Å². The summed E-state index contributed by atoms with van der Waals surface area (Å²) in [6.45, 7) is 1.17. The highest BCUT2D eigenvalue weighted by Gasteiger charge is 2.23. The van der Waals surface area contributed by atoms with E-state index >= 15 is 4.39 Å². The average molecular weight is 460 g/mol. The van der Waals surface area contributed by atoms with Gasteiger partial charge in [-0.25, -0.2) is 4.39 Å². The van der Waals surface area contributed by atoms with Gasteiger partial charge in [0.2, 0.25) is 0 Å². The lowest BCUT2D eigenvalue weighted by Gasteiger charge is -2.13. The molecule has 1 fully saturated rings. The van der Waals surface area contributed by atoms with E-state index in [9.17, 15) is 9.90 Å².